The molecule has 0 saturated carbocycles. The Morgan fingerprint density at radius 2 is 1.63 bits per heavy atom. The van der Waals surface area contributed by atoms with E-state index in [0.29, 0.717) is 23.0 Å². The van der Waals surface area contributed by atoms with Crippen LogP contribution in [0.5, 0.6) is 0 Å². The second kappa shape index (κ2) is 13.3. The fraction of sp³-hybridized carbons (Fsp3) is 0.310. The third kappa shape index (κ3) is 7.84. The van der Waals surface area contributed by atoms with E-state index in [1.807, 2.05) is 67.6 Å². The van der Waals surface area contributed by atoms with E-state index in [1.54, 1.807) is 17.0 Å². The van der Waals surface area contributed by atoms with Crippen molar-refractivity contribution in [2.45, 2.75) is 52.1 Å². The lowest BCUT2D eigenvalue weighted by Gasteiger charge is -2.32. The molecular formula is C29H32Cl2N2O2. The summed E-state index contributed by atoms with van der Waals surface area (Å²) in [7, 11) is 0. The Morgan fingerprint density at radius 1 is 0.914 bits per heavy atom. The highest BCUT2D eigenvalue weighted by Gasteiger charge is 2.30. The number of rotatable bonds is 11. The second-order valence-corrected chi connectivity index (χ2v) is 9.54. The number of halogens is 2. The highest BCUT2D eigenvalue weighted by Crippen LogP contribution is 2.25. The van der Waals surface area contributed by atoms with Crippen molar-refractivity contribution in [1.29, 1.82) is 0 Å². The Bertz CT molecular complexity index is 1130. The van der Waals surface area contributed by atoms with Crippen LogP contribution in [0.4, 0.5) is 0 Å². The molecule has 0 saturated heterocycles. The zero-order valence-electron chi connectivity index (χ0n) is 20.3. The molecule has 0 fully saturated rings. The molecule has 0 aliphatic rings. The molecule has 0 heterocycles. The molecule has 4 nitrogen and oxygen atoms in total. The van der Waals surface area contributed by atoms with Crippen molar-refractivity contribution in [3.63, 3.8) is 0 Å². The van der Waals surface area contributed by atoms with Crippen LogP contribution in [0.1, 0.15) is 42.0 Å². The van der Waals surface area contributed by atoms with E-state index in [2.05, 4.69) is 12.2 Å². The van der Waals surface area contributed by atoms with Crippen LogP contribution in [0.25, 0.3) is 0 Å². The maximum atomic E-state index is 13.8. The summed E-state index contributed by atoms with van der Waals surface area (Å²) in [4.78, 5) is 28.9. The summed E-state index contributed by atoms with van der Waals surface area (Å²) in [5.74, 6) is -0.266. The first-order valence-corrected chi connectivity index (χ1v) is 12.7. The van der Waals surface area contributed by atoms with Gasteiger partial charge in [0.1, 0.15) is 6.04 Å². The van der Waals surface area contributed by atoms with Gasteiger partial charge in [-0.3, -0.25) is 9.59 Å². The van der Waals surface area contributed by atoms with Crippen molar-refractivity contribution in [3.05, 3.63) is 105 Å². The summed E-state index contributed by atoms with van der Waals surface area (Å²) in [6.07, 6.45) is 2.48. The van der Waals surface area contributed by atoms with Gasteiger partial charge in [0.05, 0.1) is 16.5 Å². The van der Waals surface area contributed by atoms with E-state index in [4.69, 9.17) is 23.2 Å². The molecule has 1 atom stereocenters. The predicted octanol–water partition coefficient (Wildman–Crippen LogP) is 6.40. The van der Waals surface area contributed by atoms with Crippen LogP contribution in [0.15, 0.2) is 72.8 Å². The quantitative estimate of drug-likeness (QED) is 0.303. The minimum atomic E-state index is -0.666. The van der Waals surface area contributed by atoms with Gasteiger partial charge in [0.2, 0.25) is 11.8 Å². The normalized spacial score (nSPS) is 11.7. The zero-order valence-corrected chi connectivity index (χ0v) is 21.8. The number of carbonyl (C=O) groups excluding carboxylic acids is 2. The minimum Gasteiger partial charge on any atom is -0.354 e. The van der Waals surface area contributed by atoms with E-state index in [-0.39, 0.29) is 24.8 Å². The molecule has 1 N–H and O–H groups in total. The van der Waals surface area contributed by atoms with Crippen LogP contribution < -0.4 is 5.32 Å². The number of amides is 2. The first-order chi connectivity index (χ1) is 16.9. The van der Waals surface area contributed by atoms with Crippen LogP contribution in [0, 0.1) is 6.92 Å². The van der Waals surface area contributed by atoms with E-state index >= 15 is 0 Å². The average Bonchev–Trinajstić information content (AvgIpc) is 2.85. The topological polar surface area (TPSA) is 49.4 Å². The van der Waals surface area contributed by atoms with Crippen LogP contribution in [0.3, 0.4) is 0 Å². The van der Waals surface area contributed by atoms with E-state index in [1.165, 1.54) is 0 Å². The lowest BCUT2D eigenvalue weighted by atomic mass is 10.00. The third-order valence-corrected chi connectivity index (χ3v) is 6.78. The number of nitrogens with zero attached hydrogens (tertiary/aromatic N) is 1. The summed E-state index contributed by atoms with van der Waals surface area (Å²) in [5, 5.41) is 3.91. The van der Waals surface area contributed by atoms with Gasteiger partial charge in [-0.2, -0.15) is 0 Å². The Labute approximate surface area is 218 Å². The molecule has 184 valence electrons. The molecule has 0 aliphatic heterocycles. The van der Waals surface area contributed by atoms with Crippen molar-refractivity contribution in [3.8, 4) is 0 Å². The highest BCUT2D eigenvalue weighted by atomic mass is 35.5. The molecule has 3 aromatic rings. The number of hydrogen-bond donors (Lipinski definition) is 1. The smallest absolute Gasteiger partial charge is 0.243 e. The zero-order chi connectivity index (χ0) is 25.2. The molecule has 3 rings (SSSR count). The van der Waals surface area contributed by atoms with Crippen LogP contribution in [0.2, 0.25) is 10.0 Å². The molecule has 0 unspecified atom stereocenters. The van der Waals surface area contributed by atoms with Gasteiger partial charge < -0.3 is 10.2 Å². The van der Waals surface area contributed by atoms with E-state index < -0.39 is 6.04 Å². The van der Waals surface area contributed by atoms with Crippen molar-refractivity contribution < 1.29 is 9.59 Å². The van der Waals surface area contributed by atoms with Crippen LogP contribution in [-0.2, 0) is 29.0 Å². The molecule has 35 heavy (non-hydrogen) atoms. The highest BCUT2D eigenvalue weighted by molar-refractivity contribution is 6.42. The molecule has 2 amide bonds. The minimum absolute atomic E-state index is 0.114. The van der Waals surface area contributed by atoms with Gasteiger partial charge in [0.15, 0.2) is 0 Å². The summed E-state index contributed by atoms with van der Waals surface area (Å²) >= 11 is 12.4. The first kappa shape index (κ1) is 26.8. The molecule has 0 spiro atoms. The third-order valence-electron chi connectivity index (χ3n) is 6.04. The van der Waals surface area contributed by atoms with Gasteiger partial charge in [-0.05, 0) is 47.7 Å². The number of nitrogens with one attached hydrogen (secondary N) is 1. The summed E-state index contributed by atoms with van der Waals surface area (Å²) < 4.78 is 0. The molecule has 0 aliphatic carbocycles. The average molecular weight is 511 g/mol. The molecular weight excluding hydrogens is 479 g/mol. The lowest BCUT2D eigenvalue weighted by Crippen LogP contribution is -2.51. The fourth-order valence-electron chi connectivity index (χ4n) is 3.97. The lowest BCUT2D eigenvalue weighted by molar-refractivity contribution is -0.140. The number of hydrogen-bond acceptors (Lipinski definition) is 2. The Morgan fingerprint density at radius 3 is 2.31 bits per heavy atom. The standard InChI is InChI=1S/C29H32Cl2N2O2/c1-3-4-16-32-29(35)27(18-22-11-6-5-7-12-22)33(20-23-14-15-25(30)26(31)17-23)28(34)19-24-13-9-8-10-21(24)2/h5-15,17,27H,3-4,16,18-20H2,1-2H3,(H,32,35)/t27-/m1/s1. The maximum absolute atomic E-state index is 13.8. The van der Waals surface area contributed by atoms with Crippen molar-refractivity contribution >= 4 is 35.0 Å². The van der Waals surface area contributed by atoms with Crippen molar-refractivity contribution in [2.75, 3.05) is 6.54 Å². The second-order valence-electron chi connectivity index (χ2n) is 8.72. The number of carbonyl (C=O) groups is 2. The molecule has 0 radical (unpaired) electrons. The van der Waals surface area contributed by atoms with Gasteiger partial charge >= 0.3 is 0 Å². The number of unbranched alkanes of at least 4 members (excludes halogenated alkanes) is 1. The summed E-state index contributed by atoms with van der Waals surface area (Å²) in [6.45, 7) is 4.90. The monoisotopic (exact) mass is 510 g/mol. The predicted molar refractivity (Wildman–Crippen MR) is 144 cm³/mol. The number of benzene rings is 3. The van der Waals surface area contributed by atoms with Crippen LogP contribution in [-0.4, -0.2) is 29.3 Å². The van der Waals surface area contributed by atoms with Crippen molar-refractivity contribution in [1.82, 2.24) is 10.2 Å². The summed E-state index contributed by atoms with van der Waals surface area (Å²) in [6, 6.07) is 22.3. The Hall–Kier alpha value is -2.82. The number of aryl methyl sites for hydroxylation is 1. The maximum Gasteiger partial charge on any atom is 0.243 e. The fourth-order valence-corrected chi connectivity index (χ4v) is 4.29. The van der Waals surface area contributed by atoms with Crippen molar-refractivity contribution in [2.24, 2.45) is 0 Å². The summed E-state index contributed by atoms with van der Waals surface area (Å²) in [5.41, 5.74) is 3.80. The molecule has 0 bridgehead atoms. The first-order valence-electron chi connectivity index (χ1n) is 12.0. The van der Waals surface area contributed by atoms with Gasteiger partial charge in [-0.25, -0.2) is 0 Å². The molecule has 3 aromatic carbocycles. The van der Waals surface area contributed by atoms with Gasteiger partial charge in [-0.15, -0.1) is 0 Å². The largest absolute Gasteiger partial charge is 0.354 e. The van der Waals surface area contributed by atoms with Gasteiger partial charge in [-0.1, -0.05) is 97.2 Å². The van der Waals surface area contributed by atoms with E-state index in [9.17, 15) is 9.59 Å². The Kier molecular flexibility index (Phi) is 10.2. The van der Waals surface area contributed by atoms with E-state index in [0.717, 1.165) is 35.1 Å². The van der Waals surface area contributed by atoms with Gasteiger partial charge in [0, 0.05) is 19.5 Å². The molecule has 6 heteroatoms. The van der Waals surface area contributed by atoms with Gasteiger partial charge in [0.25, 0.3) is 0 Å². The Balaban J connectivity index is 1.97. The van der Waals surface area contributed by atoms with Crippen LogP contribution >= 0.6 is 23.2 Å². The SMILES string of the molecule is CCCCNC(=O)[C@@H](Cc1ccccc1)N(Cc1ccc(Cl)c(Cl)c1)C(=O)Cc1ccccc1C. The molecule has 0 aromatic heterocycles.